The van der Waals surface area contributed by atoms with Gasteiger partial charge in [0.25, 0.3) is 0 Å². The Hall–Kier alpha value is -0.890. The molecule has 0 aliphatic carbocycles. The Balaban J connectivity index is 2.64. The molecule has 1 nitrogen and oxygen atoms in total. The Labute approximate surface area is 85.3 Å². The Bertz CT molecular complexity index is 285. The second-order valence-electron chi connectivity index (χ2n) is 3.75. The summed E-state index contributed by atoms with van der Waals surface area (Å²) >= 11 is 0. The molecular weight excluding hydrogens is 177 g/mol. The molecule has 1 aromatic carbocycles. The van der Waals surface area contributed by atoms with Gasteiger partial charge in [-0.05, 0) is 38.0 Å². The van der Waals surface area contributed by atoms with Crippen LogP contribution in [0.1, 0.15) is 38.8 Å². The van der Waals surface area contributed by atoms with Gasteiger partial charge in [0.15, 0.2) is 0 Å². The SMILES string of the molecule is CC[C@@H](C)N[C@H](C)c1cccc(F)c1. The molecule has 2 atom stereocenters. The highest BCUT2D eigenvalue weighted by Crippen LogP contribution is 2.14. The zero-order valence-electron chi connectivity index (χ0n) is 9.05. The largest absolute Gasteiger partial charge is 0.308 e. The standard InChI is InChI=1S/C12H18FN/c1-4-9(2)14-10(3)11-6-5-7-12(13)8-11/h5-10,14H,4H2,1-3H3/t9-,10-/m1/s1. The first kappa shape index (κ1) is 11.2. The second-order valence-corrected chi connectivity index (χ2v) is 3.75. The summed E-state index contributed by atoms with van der Waals surface area (Å²) in [5, 5.41) is 3.41. The Morgan fingerprint density at radius 3 is 2.64 bits per heavy atom. The molecule has 0 fully saturated rings. The van der Waals surface area contributed by atoms with Crippen LogP contribution in [-0.2, 0) is 0 Å². The van der Waals surface area contributed by atoms with E-state index in [1.54, 1.807) is 12.1 Å². The van der Waals surface area contributed by atoms with E-state index < -0.39 is 0 Å². The number of hydrogen-bond acceptors (Lipinski definition) is 1. The summed E-state index contributed by atoms with van der Waals surface area (Å²) in [6.07, 6.45) is 1.08. The van der Waals surface area contributed by atoms with Crippen LogP contribution in [0.4, 0.5) is 4.39 Å². The quantitative estimate of drug-likeness (QED) is 0.777. The molecule has 0 heterocycles. The molecule has 0 spiro atoms. The fourth-order valence-corrected chi connectivity index (χ4v) is 1.42. The van der Waals surface area contributed by atoms with Crippen molar-refractivity contribution in [2.75, 3.05) is 0 Å². The molecule has 2 heteroatoms. The van der Waals surface area contributed by atoms with E-state index in [4.69, 9.17) is 0 Å². The van der Waals surface area contributed by atoms with Crippen molar-refractivity contribution in [1.82, 2.24) is 5.32 Å². The van der Waals surface area contributed by atoms with Crippen molar-refractivity contribution in [2.45, 2.75) is 39.3 Å². The first-order valence-corrected chi connectivity index (χ1v) is 5.15. The highest BCUT2D eigenvalue weighted by atomic mass is 19.1. The fraction of sp³-hybridized carbons (Fsp3) is 0.500. The van der Waals surface area contributed by atoms with Crippen molar-refractivity contribution in [1.29, 1.82) is 0 Å². The van der Waals surface area contributed by atoms with Gasteiger partial charge in [-0.1, -0.05) is 19.1 Å². The third-order valence-corrected chi connectivity index (χ3v) is 2.50. The predicted octanol–water partition coefficient (Wildman–Crippen LogP) is 3.27. The van der Waals surface area contributed by atoms with Crippen molar-refractivity contribution < 1.29 is 4.39 Å². The topological polar surface area (TPSA) is 12.0 Å². The number of rotatable bonds is 4. The first-order valence-electron chi connectivity index (χ1n) is 5.15. The van der Waals surface area contributed by atoms with Crippen LogP contribution in [0.3, 0.4) is 0 Å². The number of halogens is 1. The van der Waals surface area contributed by atoms with Gasteiger partial charge < -0.3 is 5.32 Å². The lowest BCUT2D eigenvalue weighted by Crippen LogP contribution is -2.28. The normalized spacial score (nSPS) is 15.1. The minimum atomic E-state index is -0.166. The molecule has 1 N–H and O–H groups in total. The maximum atomic E-state index is 12.9. The van der Waals surface area contributed by atoms with E-state index in [0.29, 0.717) is 6.04 Å². The molecule has 0 aromatic heterocycles. The van der Waals surface area contributed by atoms with Crippen molar-refractivity contribution in [3.63, 3.8) is 0 Å². The molecule has 0 saturated carbocycles. The van der Waals surface area contributed by atoms with Crippen LogP contribution in [0, 0.1) is 5.82 Å². The zero-order chi connectivity index (χ0) is 10.6. The van der Waals surface area contributed by atoms with Crippen LogP contribution in [0.15, 0.2) is 24.3 Å². The van der Waals surface area contributed by atoms with Crippen LogP contribution in [0.5, 0.6) is 0 Å². The molecule has 0 aliphatic heterocycles. The maximum Gasteiger partial charge on any atom is 0.123 e. The lowest BCUT2D eigenvalue weighted by atomic mass is 10.1. The molecule has 0 aliphatic rings. The summed E-state index contributed by atoms with van der Waals surface area (Å²) in [4.78, 5) is 0. The summed E-state index contributed by atoms with van der Waals surface area (Å²) in [6.45, 7) is 6.33. The molecule has 0 saturated heterocycles. The van der Waals surface area contributed by atoms with Crippen molar-refractivity contribution >= 4 is 0 Å². The molecule has 0 amide bonds. The Morgan fingerprint density at radius 1 is 1.36 bits per heavy atom. The predicted molar refractivity (Wildman–Crippen MR) is 57.7 cm³/mol. The molecule has 0 bridgehead atoms. The zero-order valence-corrected chi connectivity index (χ0v) is 9.05. The van der Waals surface area contributed by atoms with Crippen LogP contribution in [-0.4, -0.2) is 6.04 Å². The van der Waals surface area contributed by atoms with E-state index in [9.17, 15) is 4.39 Å². The number of nitrogens with one attached hydrogen (secondary N) is 1. The molecular formula is C12H18FN. The van der Waals surface area contributed by atoms with Crippen molar-refractivity contribution in [2.24, 2.45) is 0 Å². The summed E-state index contributed by atoms with van der Waals surface area (Å²) in [7, 11) is 0. The fourth-order valence-electron chi connectivity index (χ4n) is 1.42. The summed E-state index contributed by atoms with van der Waals surface area (Å²) in [6, 6.07) is 7.43. The molecule has 14 heavy (non-hydrogen) atoms. The minimum absolute atomic E-state index is 0.166. The lowest BCUT2D eigenvalue weighted by Gasteiger charge is -2.19. The Kier molecular flexibility index (Phi) is 4.08. The van der Waals surface area contributed by atoms with E-state index in [1.165, 1.54) is 6.07 Å². The van der Waals surface area contributed by atoms with Crippen molar-refractivity contribution in [3.8, 4) is 0 Å². The number of hydrogen-bond donors (Lipinski definition) is 1. The number of benzene rings is 1. The van der Waals surface area contributed by atoms with E-state index in [2.05, 4.69) is 26.1 Å². The van der Waals surface area contributed by atoms with Gasteiger partial charge in [0.1, 0.15) is 5.82 Å². The van der Waals surface area contributed by atoms with Gasteiger partial charge >= 0.3 is 0 Å². The van der Waals surface area contributed by atoms with Gasteiger partial charge in [-0.25, -0.2) is 4.39 Å². The second kappa shape index (κ2) is 5.11. The van der Waals surface area contributed by atoms with Gasteiger partial charge in [0.05, 0.1) is 0 Å². The molecule has 1 rings (SSSR count). The summed E-state index contributed by atoms with van der Waals surface area (Å²) in [5.74, 6) is -0.166. The maximum absolute atomic E-state index is 12.9. The van der Waals surface area contributed by atoms with Gasteiger partial charge in [-0.3, -0.25) is 0 Å². The molecule has 1 aromatic rings. The van der Waals surface area contributed by atoms with Crippen LogP contribution in [0.25, 0.3) is 0 Å². The lowest BCUT2D eigenvalue weighted by molar-refractivity contribution is 0.467. The van der Waals surface area contributed by atoms with E-state index in [0.717, 1.165) is 12.0 Å². The third kappa shape index (κ3) is 3.11. The van der Waals surface area contributed by atoms with Gasteiger partial charge in [-0.15, -0.1) is 0 Å². The highest BCUT2D eigenvalue weighted by Gasteiger charge is 2.08. The van der Waals surface area contributed by atoms with E-state index >= 15 is 0 Å². The Morgan fingerprint density at radius 2 is 2.07 bits per heavy atom. The molecule has 0 radical (unpaired) electrons. The average molecular weight is 195 g/mol. The van der Waals surface area contributed by atoms with Crippen molar-refractivity contribution in [3.05, 3.63) is 35.6 Å². The third-order valence-electron chi connectivity index (χ3n) is 2.50. The summed E-state index contributed by atoms with van der Waals surface area (Å²) < 4.78 is 12.9. The van der Waals surface area contributed by atoms with Crippen LogP contribution < -0.4 is 5.32 Å². The van der Waals surface area contributed by atoms with Gasteiger partial charge in [0, 0.05) is 12.1 Å². The minimum Gasteiger partial charge on any atom is -0.308 e. The average Bonchev–Trinajstić information content (AvgIpc) is 2.17. The van der Waals surface area contributed by atoms with Gasteiger partial charge in [0.2, 0.25) is 0 Å². The van der Waals surface area contributed by atoms with Gasteiger partial charge in [-0.2, -0.15) is 0 Å². The van der Waals surface area contributed by atoms with Crippen LogP contribution >= 0.6 is 0 Å². The highest BCUT2D eigenvalue weighted by molar-refractivity contribution is 5.19. The smallest absolute Gasteiger partial charge is 0.123 e. The molecule has 78 valence electrons. The van der Waals surface area contributed by atoms with E-state index in [1.807, 2.05) is 6.07 Å². The monoisotopic (exact) mass is 195 g/mol. The van der Waals surface area contributed by atoms with Crippen LogP contribution in [0.2, 0.25) is 0 Å². The summed E-state index contributed by atoms with van der Waals surface area (Å²) in [5.41, 5.74) is 1.00. The molecule has 0 unspecified atom stereocenters. The first-order chi connectivity index (χ1) is 6.63. The van der Waals surface area contributed by atoms with E-state index in [-0.39, 0.29) is 11.9 Å².